The molecule has 5 heteroatoms. The summed E-state index contributed by atoms with van der Waals surface area (Å²) in [5.41, 5.74) is 0.677. The zero-order valence-electron chi connectivity index (χ0n) is 13.9. The van der Waals surface area contributed by atoms with Crippen molar-refractivity contribution in [3.05, 3.63) is 28.2 Å². The molecule has 1 aromatic heterocycles. The van der Waals surface area contributed by atoms with Gasteiger partial charge in [0.15, 0.2) is 5.75 Å². The lowest BCUT2D eigenvalue weighted by Crippen LogP contribution is -2.45. The molecule has 2 heterocycles. The second-order valence-electron chi connectivity index (χ2n) is 6.37. The monoisotopic (exact) mass is 308 g/mol. The van der Waals surface area contributed by atoms with E-state index in [0.29, 0.717) is 0 Å². The molecule has 0 aliphatic carbocycles. The zero-order valence-corrected chi connectivity index (χ0v) is 13.9. The van der Waals surface area contributed by atoms with Gasteiger partial charge in [-0.15, -0.1) is 0 Å². The Bertz CT molecular complexity index is 531. The van der Waals surface area contributed by atoms with Gasteiger partial charge < -0.3 is 14.4 Å². The number of aromatic hydroxyl groups is 1. The molecule has 2 unspecified atom stereocenters. The van der Waals surface area contributed by atoms with Gasteiger partial charge in [-0.3, -0.25) is 9.69 Å². The average molecular weight is 308 g/mol. The minimum atomic E-state index is -0.295. The van der Waals surface area contributed by atoms with Gasteiger partial charge in [-0.2, -0.15) is 0 Å². The number of unbranched alkanes of at least 4 members (excludes halogenated alkanes) is 2. The summed E-state index contributed by atoms with van der Waals surface area (Å²) in [5.74, 6) is -0.163. The Morgan fingerprint density at radius 3 is 2.59 bits per heavy atom. The standard InChI is InChI=1S/C17H28N2O3/c1-4-5-6-7-19-12-17(21)16(20)8-15(19)11-18-9-13(2)22-14(3)10-18/h8,12-14,21H,4-7,9-11H2,1-3H3. The van der Waals surface area contributed by atoms with Crippen molar-refractivity contribution in [1.82, 2.24) is 9.47 Å². The van der Waals surface area contributed by atoms with Crippen LogP contribution in [0.25, 0.3) is 0 Å². The minimum Gasteiger partial charge on any atom is -0.503 e. The summed E-state index contributed by atoms with van der Waals surface area (Å²) in [6.45, 7) is 9.62. The molecule has 1 aliphatic heterocycles. The lowest BCUT2D eigenvalue weighted by Gasteiger charge is -2.35. The van der Waals surface area contributed by atoms with E-state index in [0.717, 1.165) is 51.1 Å². The van der Waals surface area contributed by atoms with Gasteiger partial charge in [-0.1, -0.05) is 19.8 Å². The van der Waals surface area contributed by atoms with Crippen molar-refractivity contribution in [2.75, 3.05) is 13.1 Å². The summed E-state index contributed by atoms with van der Waals surface area (Å²) in [4.78, 5) is 14.1. The number of pyridine rings is 1. The minimum absolute atomic E-state index is 0.163. The second-order valence-corrected chi connectivity index (χ2v) is 6.37. The molecule has 1 saturated heterocycles. The van der Waals surface area contributed by atoms with Crippen LogP contribution in [0.4, 0.5) is 0 Å². The molecular weight excluding hydrogens is 280 g/mol. The molecule has 0 radical (unpaired) electrons. The second kappa shape index (κ2) is 7.79. The van der Waals surface area contributed by atoms with Crippen LogP contribution in [0.2, 0.25) is 0 Å². The van der Waals surface area contributed by atoms with E-state index in [9.17, 15) is 9.90 Å². The van der Waals surface area contributed by atoms with Crippen molar-refractivity contribution < 1.29 is 9.84 Å². The molecule has 1 N–H and O–H groups in total. The van der Waals surface area contributed by atoms with Crippen LogP contribution in [0.1, 0.15) is 45.7 Å². The lowest BCUT2D eigenvalue weighted by atomic mass is 10.2. The Labute approximate surface area is 132 Å². The number of hydrogen-bond donors (Lipinski definition) is 1. The van der Waals surface area contributed by atoms with E-state index in [-0.39, 0.29) is 23.4 Å². The molecule has 0 aromatic carbocycles. The highest BCUT2D eigenvalue weighted by Gasteiger charge is 2.23. The van der Waals surface area contributed by atoms with Crippen molar-refractivity contribution in [2.24, 2.45) is 0 Å². The molecule has 2 atom stereocenters. The number of morpholine rings is 1. The quantitative estimate of drug-likeness (QED) is 0.820. The summed E-state index contributed by atoms with van der Waals surface area (Å²) in [5, 5.41) is 9.70. The van der Waals surface area contributed by atoms with Crippen LogP contribution < -0.4 is 5.43 Å². The molecule has 22 heavy (non-hydrogen) atoms. The Balaban J connectivity index is 2.13. The van der Waals surface area contributed by atoms with Crippen molar-refractivity contribution in [3.63, 3.8) is 0 Å². The molecule has 124 valence electrons. The first-order valence-electron chi connectivity index (χ1n) is 8.29. The van der Waals surface area contributed by atoms with E-state index in [4.69, 9.17) is 4.74 Å². The first-order valence-corrected chi connectivity index (χ1v) is 8.29. The first kappa shape index (κ1) is 17.0. The van der Waals surface area contributed by atoms with E-state index >= 15 is 0 Å². The molecule has 2 rings (SSSR count). The fourth-order valence-corrected chi connectivity index (χ4v) is 3.12. The highest BCUT2D eigenvalue weighted by Crippen LogP contribution is 2.15. The normalized spacial score (nSPS) is 22.9. The predicted octanol–water partition coefficient (Wildman–Crippen LogP) is 2.35. The first-order chi connectivity index (χ1) is 10.5. The van der Waals surface area contributed by atoms with Crippen LogP contribution in [0, 0.1) is 0 Å². The maximum absolute atomic E-state index is 11.8. The van der Waals surface area contributed by atoms with Crippen molar-refractivity contribution >= 4 is 0 Å². The third kappa shape index (κ3) is 4.58. The van der Waals surface area contributed by atoms with E-state index in [1.54, 1.807) is 12.3 Å². The number of aryl methyl sites for hydroxylation is 1. The van der Waals surface area contributed by atoms with E-state index in [2.05, 4.69) is 25.7 Å². The number of aromatic nitrogens is 1. The molecule has 1 aliphatic rings. The number of ether oxygens (including phenoxy) is 1. The topological polar surface area (TPSA) is 54.7 Å². The average Bonchev–Trinajstić information content (AvgIpc) is 2.43. The Kier molecular flexibility index (Phi) is 6.03. The summed E-state index contributed by atoms with van der Waals surface area (Å²) < 4.78 is 7.78. The molecule has 0 amide bonds. The van der Waals surface area contributed by atoms with Crippen molar-refractivity contribution in [1.29, 1.82) is 0 Å². The molecule has 5 nitrogen and oxygen atoms in total. The van der Waals surface area contributed by atoms with Gasteiger partial charge in [0.2, 0.25) is 5.43 Å². The molecule has 1 fully saturated rings. The maximum Gasteiger partial charge on any atom is 0.223 e. The lowest BCUT2D eigenvalue weighted by molar-refractivity contribution is -0.0710. The third-order valence-corrected chi connectivity index (χ3v) is 4.08. The SMILES string of the molecule is CCCCCn1cc(O)c(=O)cc1CN1CC(C)OC(C)C1. The zero-order chi connectivity index (χ0) is 16.1. The maximum atomic E-state index is 11.8. The van der Waals surface area contributed by atoms with Gasteiger partial charge >= 0.3 is 0 Å². The Morgan fingerprint density at radius 2 is 1.95 bits per heavy atom. The van der Waals surface area contributed by atoms with Gasteiger partial charge in [0.25, 0.3) is 0 Å². The van der Waals surface area contributed by atoms with E-state index in [1.807, 2.05) is 4.57 Å². The van der Waals surface area contributed by atoms with Crippen LogP contribution in [0.15, 0.2) is 17.1 Å². The van der Waals surface area contributed by atoms with E-state index < -0.39 is 0 Å². The number of rotatable bonds is 6. The van der Waals surface area contributed by atoms with Crippen LogP contribution in [0.5, 0.6) is 5.75 Å². The fraction of sp³-hybridized carbons (Fsp3) is 0.706. The highest BCUT2D eigenvalue weighted by molar-refractivity contribution is 5.20. The van der Waals surface area contributed by atoms with E-state index in [1.165, 1.54) is 0 Å². The van der Waals surface area contributed by atoms with Crippen LogP contribution in [-0.2, 0) is 17.8 Å². The van der Waals surface area contributed by atoms with Gasteiger partial charge in [0, 0.05) is 37.9 Å². The van der Waals surface area contributed by atoms with Gasteiger partial charge in [-0.05, 0) is 20.3 Å². The molecule has 0 saturated carbocycles. The predicted molar refractivity (Wildman–Crippen MR) is 87.2 cm³/mol. The number of nitrogens with zero attached hydrogens (tertiary/aromatic N) is 2. The Morgan fingerprint density at radius 1 is 1.27 bits per heavy atom. The van der Waals surface area contributed by atoms with Crippen molar-refractivity contribution in [3.8, 4) is 5.75 Å². The summed E-state index contributed by atoms with van der Waals surface area (Å²) in [7, 11) is 0. The summed E-state index contributed by atoms with van der Waals surface area (Å²) >= 11 is 0. The fourth-order valence-electron chi connectivity index (χ4n) is 3.12. The van der Waals surface area contributed by atoms with Crippen LogP contribution >= 0.6 is 0 Å². The number of hydrogen-bond acceptors (Lipinski definition) is 4. The van der Waals surface area contributed by atoms with Gasteiger partial charge in [0.05, 0.1) is 18.4 Å². The highest BCUT2D eigenvalue weighted by atomic mass is 16.5. The largest absolute Gasteiger partial charge is 0.503 e. The Hall–Kier alpha value is -1.33. The molecule has 0 spiro atoms. The van der Waals surface area contributed by atoms with Crippen LogP contribution in [-0.4, -0.2) is 39.9 Å². The third-order valence-electron chi connectivity index (χ3n) is 4.08. The van der Waals surface area contributed by atoms with Crippen LogP contribution in [0.3, 0.4) is 0 Å². The molecule has 0 bridgehead atoms. The molecule has 1 aromatic rings. The smallest absolute Gasteiger partial charge is 0.223 e. The van der Waals surface area contributed by atoms with Gasteiger partial charge in [0.1, 0.15) is 0 Å². The van der Waals surface area contributed by atoms with Gasteiger partial charge in [-0.25, -0.2) is 0 Å². The summed E-state index contributed by atoms with van der Waals surface area (Å²) in [6.07, 6.45) is 5.36. The summed E-state index contributed by atoms with van der Waals surface area (Å²) in [6, 6.07) is 1.58. The van der Waals surface area contributed by atoms with Crippen molar-refractivity contribution in [2.45, 2.75) is 65.3 Å². The molecular formula is C17H28N2O3.